The number of hydrogen-bond acceptors (Lipinski definition) is 6. The molecule has 2 aromatic carbocycles. The van der Waals surface area contributed by atoms with Gasteiger partial charge < -0.3 is 9.47 Å². The van der Waals surface area contributed by atoms with E-state index in [0.717, 1.165) is 6.08 Å². The molecule has 26 heavy (non-hydrogen) atoms. The highest BCUT2D eigenvalue weighted by molar-refractivity contribution is 6.32. The third-order valence-corrected chi connectivity index (χ3v) is 3.65. The van der Waals surface area contributed by atoms with E-state index in [4.69, 9.17) is 21.1 Å². The van der Waals surface area contributed by atoms with Crippen molar-refractivity contribution in [3.8, 4) is 5.75 Å². The van der Waals surface area contributed by atoms with Crippen LogP contribution in [0.25, 0.3) is 6.08 Å². The minimum atomic E-state index is -0.795. The summed E-state index contributed by atoms with van der Waals surface area (Å²) in [6.07, 6.45) is 2.28. The van der Waals surface area contributed by atoms with Crippen molar-refractivity contribution in [3.63, 3.8) is 0 Å². The average molecular weight is 376 g/mol. The highest BCUT2D eigenvalue weighted by atomic mass is 35.5. The number of carbonyl (C=O) groups excluding carboxylic acids is 2. The van der Waals surface area contributed by atoms with Crippen molar-refractivity contribution in [1.29, 1.82) is 0 Å². The van der Waals surface area contributed by atoms with Crippen molar-refractivity contribution in [2.45, 2.75) is 0 Å². The van der Waals surface area contributed by atoms with Gasteiger partial charge in [0.2, 0.25) is 0 Å². The number of halogens is 1. The van der Waals surface area contributed by atoms with Crippen molar-refractivity contribution >= 4 is 35.1 Å². The van der Waals surface area contributed by atoms with Gasteiger partial charge in [-0.15, -0.1) is 0 Å². The molecule has 0 aliphatic rings. The number of Topliss-reactive ketones (excluding diaryl/α,β-unsaturated/α-hetero) is 1. The summed E-state index contributed by atoms with van der Waals surface area (Å²) in [6, 6.07) is 10.4. The van der Waals surface area contributed by atoms with E-state index in [1.54, 1.807) is 6.07 Å². The maximum atomic E-state index is 12.0. The van der Waals surface area contributed by atoms with Crippen molar-refractivity contribution < 1.29 is 24.0 Å². The molecule has 8 heteroatoms. The molecule has 0 saturated carbocycles. The molecule has 0 atom stereocenters. The zero-order valence-corrected chi connectivity index (χ0v) is 14.4. The Morgan fingerprint density at radius 1 is 1.23 bits per heavy atom. The topological polar surface area (TPSA) is 95.7 Å². The first-order chi connectivity index (χ1) is 12.4. The Morgan fingerprint density at radius 2 is 1.96 bits per heavy atom. The largest absolute Gasteiger partial charge is 0.495 e. The van der Waals surface area contributed by atoms with Gasteiger partial charge in [-0.3, -0.25) is 14.9 Å². The second kappa shape index (κ2) is 8.77. The lowest BCUT2D eigenvalue weighted by molar-refractivity contribution is -0.385. The van der Waals surface area contributed by atoms with Gasteiger partial charge in [-0.25, -0.2) is 4.79 Å². The van der Waals surface area contributed by atoms with Crippen LogP contribution in [-0.4, -0.2) is 30.4 Å². The molecule has 0 spiro atoms. The number of esters is 1. The molecule has 0 heterocycles. The number of nitro groups is 1. The number of nitrogens with zero attached hydrogens (tertiary/aromatic N) is 1. The van der Waals surface area contributed by atoms with Gasteiger partial charge in [0.25, 0.3) is 5.69 Å². The van der Waals surface area contributed by atoms with Crippen LogP contribution in [0.3, 0.4) is 0 Å². The summed E-state index contributed by atoms with van der Waals surface area (Å²) in [5.74, 6) is -0.814. The molecule has 2 rings (SSSR count). The van der Waals surface area contributed by atoms with Crippen LogP contribution in [0.5, 0.6) is 5.75 Å². The van der Waals surface area contributed by atoms with Crippen molar-refractivity contribution in [2.75, 3.05) is 13.7 Å². The summed E-state index contributed by atoms with van der Waals surface area (Å²) in [5.41, 5.74) is 0.384. The molecule has 0 radical (unpaired) electrons. The summed E-state index contributed by atoms with van der Waals surface area (Å²) < 4.78 is 9.85. The molecule has 0 fully saturated rings. The highest BCUT2D eigenvalue weighted by Crippen LogP contribution is 2.25. The minimum Gasteiger partial charge on any atom is -0.495 e. The average Bonchev–Trinajstić information content (AvgIpc) is 2.64. The van der Waals surface area contributed by atoms with Gasteiger partial charge in [-0.2, -0.15) is 0 Å². The maximum absolute atomic E-state index is 12.0. The molecule has 0 amide bonds. The molecule has 0 aliphatic heterocycles. The number of rotatable bonds is 7. The van der Waals surface area contributed by atoms with E-state index in [1.807, 2.05) is 0 Å². The lowest BCUT2D eigenvalue weighted by Crippen LogP contribution is -2.12. The Labute approximate surface area is 153 Å². The first kappa shape index (κ1) is 19.1. The number of methoxy groups -OCH3 is 1. The van der Waals surface area contributed by atoms with Crippen LogP contribution in [0.15, 0.2) is 48.5 Å². The van der Waals surface area contributed by atoms with Crippen LogP contribution >= 0.6 is 11.6 Å². The number of para-hydroxylation sites is 1. The summed E-state index contributed by atoms with van der Waals surface area (Å²) in [4.78, 5) is 34.1. The molecule has 0 unspecified atom stereocenters. The van der Waals surface area contributed by atoms with Crippen LogP contribution in [0.1, 0.15) is 15.9 Å². The third kappa shape index (κ3) is 4.90. The Hall–Kier alpha value is -3.19. The van der Waals surface area contributed by atoms with Gasteiger partial charge in [0, 0.05) is 17.7 Å². The maximum Gasteiger partial charge on any atom is 0.331 e. The second-order valence-corrected chi connectivity index (χ2v) is 5.44. The minimum absolute atomic E-state index is 0.138. The molecule has 0 saturated heterocycles. The van der Waals surface area contributed by atoms with Crippen molar-refractivity contribution in [2.24, 2.45) is 0 Å². The van der Waals surface area contributed by atoms with E-state index in [0.29, 0.717) is 5.75 Å². The summed E-state index contributed by atoms with van der Waals surface area (Å²) >= 11 is 5.94. The van der Waals surface area contributed by atoms with E-state index in [-0.39, 0.29) is 21.8 Å². The van der Waals surface area contributed by atoms with Crippen LogP contribution < -0.4 is 4.74 Å². The zero-order chi connectivity index (χ0) is 19.1. The second-order valence-electron chi connectivity index (χ2n) is 5.03. The summed E-state index contributed by atoms with van der Waals surface area (Å²) in [6.45, 7) is -0.483. The monoisotopic (exact) mass is 375 g/mol. The number of nitro benzene ring substituents is 1. The first-order valence-corrected chi connectivity index (χ1v) is 7.75. The molecule has 2 aromatic rings. The summed E-state index contributed by atoms with van der Waals surface area (Å²) in [5, 5.41) is 11.2. The molecule has 134 valence electrons. The normalized spacial score (nSPS) is 10.5. The number of ketones is 1. The Balaban J connectivity index is 1.97. The predicted octanol–water partition coefficient (Wildman–Crippen LogP) is 3.70. The van der Waals surface area contributed by atoms with Crippen LogP contribution in [-0.2, 0) is 9.53 Å². The molecule has 7 nitrogen and oxygen atoms in total. The molecule has 0 N–H and O–H groups in total. The zero-order valence-electron chi connectivity index (χ0n) is 13.7. The van der Waals surface area contributed by atoms with Crippen LogP contribution in [0.4, 0.5) is 5.69 Å². The van der Waals surface area contributed by atoms with Gasteiger partial charge >= 0.3 is 5.97 Å². The van der Waals surface area contributed by atoms with Crippen LogP contribution in [0, 0.1) is 10.1 Å². The van der Waals surface area contributed by atoms with Gasteiger partial charge in [0.15, 0.2) is 12.4 Å². The first-order valence-electron chi connectivity index (χ1n) is 7.37. The number of benzene rings is 2. The number of hydrogen-bond donors (Lipinski definition) is 0. The standard InChI is InChI=1S/C18H14ClNO6/c1-25-17-8-6-13(10-14(17)19)16(21)11-26-18(22)9-7-12-4-2-3-5-15(12)20(23)24/h2-10H,11H2,1H3/b9-7+. The highest BCUT2D eigenvalue weighted by Gasteiger charge is 2.12. The SMILES string of the molecule is COc1ccc(C(=O)COC(=O)/C=C/c2ccccc2[N+](=O)[O-])cc1Cl. The third-order valence-electron chi connectivity index (χ3n) is 3.35. The Bertz CT molecular complexity index is 878. The van der Waals surface area contributed by atoms with Gasteiger partial charge in [-0.1, -0.05) is 23.7 Å². The molecular formula is C18H14ClNO6. The van der Waals surface area contributed by atoms with E-state index >= 15 is 0 Å². The van der Waals surface area contributed by atoms with Crippen LogP contribution in [0.2, 0.25) is 5.02 Å². The van der Waals surface area contributed by atoms with Gasteiger partial charge in [-0.05, 0) is 30.3 Å². The van der Waals surface area contributed by atoms with Crippen molar-refractivity contribution in [1.82, 2.24) is 0 Å². The van der Waals surface area contributed by atoms with E-state index in [2.05, 4.69) is 0 Å². The number of carbonyl (C=O) groups is 2. The lowest BCUT2D eigenvalue weighted by Gasteiger charge is -2.05. The molecule has 0 bridgehead atoms. The summed E-state index contributed by atoms with van der Waals surface area (Å²) in [7, 11) is 1.45. The molecule has 0 aromatic heterocycles. The van der Waals surface area contributed by atoms with Crippen molar-refractivity contribution in [3.05, 3.63) is 74.8 Å². The Kier molecular flexibility index (Phi) is 6.46. The van der Waals surface area contributed by atoms with Gasteiger partial charge in [0.05, 0.1) is 22.6 Å². The fraction of sp³-hybridized carbons (Fsp3) is 0.111. The van der Waals surface area contributed by atoms with Gasteiger partial charge in [0.1, 0.15) is 5.75 Å². The van der Waals surface area contributed by atoms with E-state index in [9.17, 15) is 19.7 Å². The quantitative estimate of drug-likeness (QED) is 0.241. The molecular weight excluding hydrogens is 362 g/mol. The lowest BCUT2D eigenvalue weighted by atomic mass is 10.1. The Morgan fingerprint density at radius 3 is 2.62 bits per heavy atom. The smallest absolute Gasteiger partial charge is 0.331 e. The number of ether oxygens (including phenoxy) is 2. The van der Waals surface area contributed by atoms with E-state index < -0.39 is 23.3 Å². The predicted molar refractivity (Wildman–Crippen MR) is 95.4 cm³/mol. The fourth-order valence-corrected chi connectivity index (χ4v) is 2.32. The molecule has 0 aliphatic carbocycles. The van der Waals surface area contributed by atoms with E-state index in [1.165, 1.54) is 49.6 Å². The fourth-order valence-electron chi connectivity index (χ4n) is 2.06.